The number of benzene rings is 4. The second-order valence-electron chi connectivity index (χ2n) is 11.9. The van der Waals surface area contributed by atoms with Crippen LogP contribution in [-0.2, 0) is 22.6 Å². The van der Waals surface area contributed by atoms with E-state index in [1.165, 1.54) is 6.20 Å². The van der Waals surface area contributed by atoms with Crippen molar-refractivity contribution in [1.29, 1.82) is 0 Å². The van der Waals surface area contributed by atoms with E-state index in [-0.39, 0.29) is 36.3 Å². The van der Waals surface area contributed by atoms with Crippen LogP contribution < -0.4 is 5.32 Å². The molecule has 6 aromatic rings. The molecule has 246 valence electrons. The molecule has 4 atom stereocenters. The van der Waals surface area contributed by atoms with Crippen molar-refractivity contribution in [3.63, 3.8) is 0 Å². The first-order chi connectivity index (χ1) is 24.1. The topological polar surface area (TPSA) is 119 Å². The second kappa shape index (κ2) is 15.0. The van der Waals surface area contributed by atoms with Gasteiger partial charge in [-0.1, -0.05) is 104 Å². The number of rotatable bonds is 10. The Kier molecular flexibility index (Phi) is 9.99. The number of hydrogen-bond acceptors (Lipinski definition) is 9. The van der Waals surface area contributed by atoms with E-state index in [4.69, 9.17) is 9.47 Å². The lowest BCUT2D eigenvalue weighted by Crippen LogP contribution is -2.38. The van der Waals surface area contributed by atoms with Crippen LogP contribution >= 0.6 is 11.8 Å². The second-order valence-corrected chi connectivity index (χ2v) is 12.9. The van der Waals surface area contributed by atoms with Crippen molar-refractivity contribution in [1.82, 2.24) is 25.3 Å². The number of thioether (sulfide) groups is 1. The van der Waals surface area contributed by atoms with E-state index in [1.54, 1.807) is 30.2 Å². The molecule has 3 heterocycles. The number of aromatic nitrogens is 4. The molecule has 0 spiro atoms. The first-order valence-electron chi connectivity index (χ1n) is 16.1. The first kappa shape index (κ1) is 32.5. The molecule has 1 aliphatic rings. The lowest BCUT2D eigenvalue weighted by molar-refractivity contribution is -0.268. The molecule has 0 radical (unpaired) electrons. The summed E-state index contributed by atoms with van der Waals surface area (Å²) in [4.78, 5) is 30.6. The fourth-order valence-electron chi connectivity index (χ4n) is 5.94. The number of fused-ring (bicyclic) bond motifs is 1. The van der Waals surface area contributed by atoms with Crippen LogP contribution in [0.15, 0.2) is 127 Å². The number of ether oxygens (including phenoxy) is 2. The molecule has 1 fully saturated rings. The Hall–Kier alpha value is -5.00. The summed E-state index contributed by atoms with van der Waals surface area (Å²) in [6.45, 7) is 2.47. The van der Waals surface area contributed by atoms with Gasteiger partial charge in [0.25, 0.3) is 5.91 Å². The zero-order valence-corrected chi connectivity index (χ0v) is 27.7. The standard InChI is InChI=1S/C39H35N5O4S/c1-25-35(24-49-39-40-19-6-20-41-39)47-38(48-36(25)28-13-11-26(23-45)12-14-28)29-17-15-27(16-18-29)31-8-3-2-7-30(31)21-43-37(46)34-22-42-32-9-4-5-10-33(32)44-34/h2-20,22,25,35-36,38,45H,21,23-24H2,1H3,(H,43,46)/t25-,35+,36+,38+/m1/s1. The molecule has 10 heteroatoms. The van der Waals surface area contributed by atoms with Crippen LogP contribution in [0, 0.1) is 5.92 Å². The summed E-state index contributed by atoms with van der Waals surface area (Å²) in [5.41, 5.74) is 7.48. The van der Waals surface area contributed by atoms with Gasteiger partial charge in [-0.05, 0) is 46.0 Å². The molecule has 4 aromatic carbocycles. The van der Waals surface area contributed by atoms with Crippen molar-refractivity contribution in [3.8, 4) is 11.1 Å². The smallest absolute Gasteiger partial charge is 0.271 e. The molecular weight excluding hydrogens is 635 g/mol. The minimum absolute atomic E-state index is 0.00950. The zero-order valence-electron chi connectivity index (χ0n) is 26.8. The Bertz CT molecular complexity index is 2030. The van der Waals surface area contributed by atoms with Crippen LogP contribution in [-0.4, -0.2) is 42.8 Å². The number of nitrogens with zero attached hydrogens (tertiary/aromatic N) is 4. The molecule has 49 heavy (non-hydrogen) atoms. The molecule has 1 saturated heterocycles. The van der Waals surface area contributed by atoms with Gasteiger partial charge in [-0.25, -0.2) is 15.0 Å². The third-order valence-electron chi connectivity index (χ3n) is 8.67. The molecule has 2 aromatic heterocycles. The molecule has 0 aliphatic carbocycles. The minimum atomic E-state index is -0.590. The summed E-state index contributed by atoms with van der Waals surface area (Å²) in [6, 6.07) is 33.4. The molecule has 7 rings (SSSR count). The van der Waals surface area contributed by atoms with E-state index in [9.17, 15) is 9.90 Å². The molecule has 0 saturated carbocycles. The predicted octanol–water partition coefficient (Wildman–Crippen LogP) is 7.09. The highest BCUT2D eigenvalue weighted by molar-refractivity contribution is 7.99. The largest absolute Gasteiger partial charge is 0.392 e. The molecule has 0 unspecified atom stereocenters. The number of carbonyl (C=O) groups excluding carboxylic acids is 1. The van der Waals surface area contributed by atoms with E-state index < -0.39 is 6.29 Å². The number of amides is 1. The van der Waals surface area contributed by atoms with E-state index in [0.29, 0.717) is 23.0 Å². The van der Waals surface area contributed by atoms with Gasteiger partial charge >= 0.3 is 0 Å². The molecule has 9 nitrogen and oxygen atoms in total. The number of nitrogens with one attached hydrogen (secondary N) is 1. The Balaban J connectivity index is 1.08. The number of aliphatic hydroxyl groups excluding tert-OH is 1. The highest BCUT2D eigenvalue weighted by Crippen LogP contribution is 2.43. The normalized spacial score (nSPS) is 19.1. The van der Waals surface area contributed by atoms with Crippen molar-refractivity contribution < 1.29 is 19.4 Å². The van der Waals surface area contributed by atoms with Gasteiger partial charge in [-0.15, -0.1) is 0 Å². The quantitative estimate of drug-likeness (QED) is 0.116. The highest BCUT2D eigenvalue weighted by atomic mass is 32.2. The average molecular weight is 670 g/mol. The fraction of sp³-hybridized carbons (Fsp3) is 0.205. The summed E-state index contributed by atoms with van der Waals surface area (Å²) in [6.07, 6.45) is 4.05. The van der Waals surface area contributed by atoms with Gasteiger partial charge in [0.15, 0.2) is 11.4 Å². The van der Waals surface area contributed by atoms with Gasteiger partial charge in [-0.2, -0.15) is 0 Å². The van der Waals surface area contributed by atoms with Crippen molar-refractivity contribution in [2.24, 2.45) is 5.92 Å². The van der Waals surface area contributed by atoms with E-state index in [0.717, 1.165) is 38.9 Å². The molecule has 2 N–H and O–H groups in total. The van der Waals surface area contributed by atoms with Gasteiger partial charge in [-0.3, -0.25) is 9.78 Å². The van der Waals surface area contributed by atoms with E-state index in [1.807, 2.05) is 84.9 Å². The third kappa shape index (κ3) is 7.53. The van der Waals surface area contributed by atoms with Crippen LogP contribution in [0.1, 0.15) is 52.1 Å². The molecule has 1 amide bonds. The van der Waals surface area contributed by atoms with Crippen molar-refractivity contribution >= 4 is 28.7 Å². The van der Waals surface area contributed by atoms with Crippen molar-refractivity contribution in [2.75, 3.05) is 5.75 Å². The van der Waals surface area contributed by atoms with Crippen LogP contribution in [0.25, 0.3) is 22.2 Å². The lowest BCUT2D eigenvalue weighted by Gasteiger charge is -2.41. The predicted molar refractivity (Wildman–Crippen MR) is 188 cm³/mol. The Morgan fingerprint density at radius 2 is 1.53 bits per heavy atom. The third-order valence-corrected chi connectivity index (χ3v) is 9.64. The Labute approximate surface area is 288 Å². The monoisotopic (exact) mass is 669 g/mol. The summed E-state index contributed by atoms with van der Waals surface area (Å²) < 4.78 is 13.3. The average Bonchev–Trinajstić information content (AvgIpc) is 3.17. The summed E-state index contributed by atoms with van der Waals surface area (Å²) >= 11 is 1.56. The Morgan fingerprint density at radius 3 is 2.31 bits per heavy atom. The number of carbonyl (C=O) groups is 1. The van der Waals surface area contributed by atoms with Crippen LogP contribution in [0.3, 0.4) is 0 Å². The number of aliphatic hydroxyl groups is 1. The van der Waals surface area contributed by atoms with Crippen LogP contribution in [0.5, 0.6) is 0 Å². The van der Waals surface area contributed by atoms with Gasteiger partial charge < -0.3 is 19.9 Å². The van der Waals surface area contributed by atoms with Gasteiger partial charge in [0.1, 0.15) is 5.69 Å². The van der Waals surface area contributed by atoms with Crippen molar-refractivity contribution in [3.05, 3.63) is 150 Å². The summed E-state index contributed by atoms with van der Waals surface area (Å²) in [5, 5.41) is 13.3. The van der Waals surface area contributed by atoms with Gasteiger partial charge in [0.2, 0.25) is 0 Å². The highest BCUT2D eigenvalue weighted by Gasteiger charge is 2.38. The van der Waals surface area contributed by atoms with Gasteiger partial charge in [0, 0.05) is 36.2 Å². The SMILES string of the molecule is C[C@@H]1[C@H](CSc2ncccn2)O[C@H](c2ccc(-c3ccccc3CNC(=O)c3cnc4ccccc4n3)cc2)O[C@@H]1c1ccc(CO)cc1. The summed E-state index contributed by atoms with van der Waals surface area (Å²) in [5.74, 6) is 0.434. The van der Waals surface area contributed by atoms with Crippen LogP contribution in [0.2, 0.25) is 0 Å². The fourth-order valence-corrected chi connectivity index (χ4v) is 6.90. The van der Waals surface area contributed by atoms with Crippen LogP contribution in [0.4, 0.5) is 0 Å². The maximum Gasteiger partial charge on any atom is 0.271 e. The molecule has 0 bridgehead atoms. The maximum absolute atomic E-state index is 13.0. The maximum atomic E-state index is 13.0. The van der Waals surface area contributed by atoms with E-state index in [2.05, 4.69) is 44.3 Å². The lowest BCUT2D eigenvalue weighted by atomic mass is 9.91. The van der Waals surface area contributed by atoms with E-state index >= 15 is 0 Å². The molecule has 1 aliphatic heterocycles. The Morgan fingerprint density at radius 1 is 0.816 bits per heavy atom. The summed E-state index contributed by atoms with van der Waals surface area (Å²) in [7, 11) is 0. The minimum Gasteiger partial charge on any atom is -0.392 e. The zero-order chi connectivity index (χ0) is 33.6. The first-order valence-corrected chi connectivity index (χ1v) is 17.1. The van der Waals surface area contributed by atoms with Gasteiger partial charge in [0.05, 0.1) is 36.0 Å². The number of hydrogen-bond donors (Lipinski definition) is 2. The molecular formula is C39H35N5O4S. The number of para-hydroxylation sites is 2. The van der Waals surface area contributed by atoms with Crippen molar-refractivity contribution in [2.45, 2.75) is 43.7 Å².